The zero-order valence-corrected chi connectivity index (χ0v) is 20.7. The minimum Gasteiger partial charge on any atom is -0.407 e. The van der Waals surface area contributed by atoms with Crippen LogP contribution in [0.2, 0.25) is 0 Å². The third-order valence-corrected chi connectivity index (χ3v) is 5.52. The average molecular weight is 486 g/mol. The normalized spacial score (nSPS) is 10.9. The van der Waals surface area contributed by atoms with Gasteiger partial charge in [0, 0.05) is 18.2 Å². The second kappa shape index (κ2) is 10.6. The lowest BCUT2D eigenvalue weighted by Gasteiger charge is -2.11. The molecule has 184 valence electrons. The molecular weight excluding hydrogens is 457 g/mol. The van der Waals surface area contributed by atoms with Crippen LogP contribution < -0.4 is 10.1 Å². The van der Waals surface area contributed by atoms with Gasteiger partial charge in [-0.2, -0.15) is 9.78 Å². The van der Waals surface area contributed by atoms with Crippen LogP contribution in [0.1, 0.15) is 42.4 Å². The standard InChI is InChI=1S/C29H28FN3O3/c1-18(2)15-26-27(29(36-20(4)34)33(32-26)25-10-5-7-19(3)16-25)21-11-13-24(14-12-21)31-28(35)22-8-6-9-23(30)17-22/h5-14,16-18H,15H2,1-4H3,(H,31,35). The van der Waals surface area contributed by atoms with Crippen molar-refractivity contribution in [1.82, 2.24) is 9.78 Å². The molecule has 0 bridgehead atoms. The molecule has 3 aromatic carbocycles. The molecular formula is C29H28FN3O3. The van der Waals surface area contributed by atoms with Gasteiger partial charge in [-0.05, 0) is 72.9 Å². The first-order valence-electron chi connectivity index (χ1n) is 11.8. The minimum atomic E-state index is -0.473. The van der Waals surface area contributed by atoms with Gasteiger partial charge in [0.25, 0.3) is 5.91 Å². The molecule has 6 nitrogen and oxygen atoms in total. The third kappa shape index (κ3) is 5.68. The van der Waals surface area contributed by atoms with E-state index in [0.717, 1.165) is 28.1 Å². The minimum absolute atomic E-state index is 0.231. The second-order valence-electron chi connectivity index (χ2n) is 9.11. The number of amides is 1. The largest absolute Gasteiger partial charge is 0.407 e. The van der Waals surface area contributed by atoms with Crippen LogP contribution in [0.15, 0.2) is 72.8 Å². The summed E-state index contributed by atoms with van der Waals surface area (Å²) in [6.07, 6.45) is 0.681. The van der Waals surface area contributed by atoms with Crippen molar-refractivity contribution in [1.29, 1.82) is 0 Å². The molecule has 1 aromatic heterocycles. The Morgan fingerprint density at radius 3 is 2.39 bits per heavy atom. The highest BCUT2D eigenvalue weighted by atomic mass is 19.1. The number of halogens is 1. The Balaban J connectivity index is 1.74. The number of anilines is 1. The number of aromatic nitrogens is 2. The number of nitrogens with one attached hydrogen (secondary N) is 1. The summed E-state index contributed by atoms with van der Waals surface area (Å²) in [7, 11) is 0. The molecule has 4 aromatic rings. The second-order valence-corrected chi connectivity index (χ2v) is 9.11. The highest BCUT2D eigenvalue weighted by Crippen LogP contribution is 2.37. The molecule has 0 saturated carbocycles. The molecule has 4 rings (SSSR count). The lowest BCUT2D eigenvalue weighted by molar-refractivity contribution is -0.132. The molecule has 0 atom stereocenters. The lowest BCUT2D eigenvalue weighted by Crippen LogP contribution is -2.12. The molecule has 7 heteroatoms. The number of nitrogens with zero attached hydrogens (tertiary/aromatic N) is 2. The van der Waals surface area contributed by atoms with Crippen LogP contribution in [-0.4, -0.2) is 21.7 Å². The van der Waals surface area contributed by atoms with Gasteiger partial charge in [-0.3, -0.25) is 9.59 Å². The predicted octanol–water partition coefficient (Wildman–Crippen LogP) is 6.36. The highest BCUT2D eigenvalue weighted by Gasteiger charge is 2.24. The summed E-state index contributed by atoms with van der Waals surface area (Å²) in [6.45, 7) is 7.56. The van der Waals surface area contributed by atoms with Gasteiger partial charge in [0.2, 0.25) is 5.88 Å². The van der Waals surface area contributed by atoms with E-state index < -0.39 is 17.7 Å². The monoisotopic (exact) mass is 485 g/mol. The van der Waals surface area contributed by atoms with E-state index in [1.807, 2.05) is 43.3 Å². The predicted molar refractivity (Wildman–Crippen MR) is 138 cm³/mol. The van der Waals surface area contributed by atoms with Crippen LogP contribution in [0.4, 0.5) is 10.1 Å². The van der Waals surface area contributed by atoms with E-state index in [9.17, 15) is 14.0 Å². The van der Waals surface area contributed by atoms with Crippen LogP contribution in [0, 0.1) is 18.7 Å². The number of carbonyl (C=O) groups excluding carboxylic acids is 2. The first-order valence-corrected chi connectivity index (χ1v) is 11.8. The number of rotatable bonds is 7. The van der Waals surface area contributed by atoms with Crippen LogP contribution in [-0.2, 0) is 11.2 Å². The highest BCUT2D eigenvalue weighted by molar-refractivity contribution is 6.04. The Hall–Kier alpha value is -4.26. The SMILES string of the molecule is CC(=O)Oc1c(-c2ccc(NC(=O)c3cccc(F)c3)cc2)c(CC(C)C)nn1-c1cccc(C)c1. The van der Waals surface area contributed by atoms with Gasteiger partial charge < -0.3 is 10.1 Å². The van der Waals surface area contributed by atoms with Gasteiger partial charge in [-0.15, -0.1) is 0 Å². The number of hydrogen-bond donors (Lipinski definition) is 1. The number of esters is 1. The maximum Gasteiger partial charge on any atom is 0.309 e. The summed E-state index contributed by atoms with van der Waals surface area (Å²) in [4.78, 5) is 24.6. The van der Waals surface area contributed by atoms with E-state index in [4.69, 9.17) is 9.84 Å². The zero-order valence-electron chi connectivity index (χ0n) is 20.7. The Morgan fingerprint density at radius 2 is 1.75 bits per heavy atom. The van der Waals surface area contributed by atoms with Crippen molar-refractivity contribution >= 4 is 17.6 Å². The van der Waals surface area contributed by atoms with Crippen LogP contribution in [0.5, 0.6) is 5.88 Å². The van der Waals surface area contributed by atoms with Gasteiger partial charge in [-0.1, -0.05) is 44.2 Å². The first-order chi connectivity index (χ1) is 17.2. The van der Waals surface area contributed by atoms with Crippen molar-refractivity contribution in [3.8, 4) is 22.7 Å². The fraction of sp³-hybridized carbons (Fsp3) is 0.207. The number of carbonyl (C=O) groups is 2. The van der Waals surface area contributed by atoms with Crippen molar-refractivity contribution in [2.24, 2.45) is 5.92 Å². The maximum absolute atomic E-state index is 13.5. The average Bonchev–Trinajstić information content (AvgIpc) is 3.16. The van der Waals surface area contributed by atoms with Crippen LogP contribution in [0.3, 0.4) is 0 Å². The Labute approximate surface area is 209 Å². The van der Waals surface area contributed by atoms with E-state index in [2.05, 4.69) is 19.2 Å². The Kier molecular flexibility index (Phi) is 7.29. The quantitative estimate of drug-likeness (QED) is 0.309. The first kappa shape index (κ1) is 24.9. The smallest absolute Gasteiger partial charge is 0.309 e. The number of hydrogen-bond acceptors (Lipinski definition) is 4. The van der Waals surface area contributed by atoms with E-state index in [1.54, 1.807) is 22.9 Å². The fourth-order valence-electron chi connectivity index (χ4n) is 3.98. The number of benzene rings is 3. The van der Waals surface area contributed by atoms with Gasteiger partial charge in [0.1, 0.15) is 5.82 Å². The van der Waals surface area contributed by atoms with Crippen molar-refractivity contribution in [2.75, 3.05) is 5.32 Å². The molecule has 0 spiro atoms. The molecule has 0 radical (unpaired) electrons. The lowest BCUT2D eigenvalue weighted by atomic mass is 9.99. The van der Waals surface area contributed by atoms with Crippen molar-refractivity contribution in [2.45, 2.75) is 34.1 Å². The third-order valence-electron chi connectivity index (χ3n) is 5.52. The Bertz CT molecular complexity index is 1410. The molecule has 36 heavy (non-hydrogen) atoms. The van der Waals surface area contributed by atoms with E-state index in [0.29, 0.717) is 23.9 Å². The summed E-state index contributed by atoms with van der Waals surface area (Å²) < 4.78 is 20.9. The molecule has 0 aliphatic heterocycles. The number of aryl methyl sites for hydroxylation is 1. The molecule has 0 aliphatic carbocycles. The summed E-state index contributed by atoms with van der Waals surface area (Å²) in [5.41, 5.74) is 4.96. The summed E-state index contributed by atoms with van der Waals surface area (Å²) in [6, 6.07) is 20.5. The van der Waals surface area contributed by atoms with Gasteiger partial charge in [-0.25, -0.2) is 4.39 Å². The van der Waals surface area contributed by atoms with Crippen LogP contribution in [0.25, 0.3) is 16.8 Å². The number of ether oxygens (including phenoxy) is 1. The van der Waals surface area contributed by atoms with Crippen molar-refractivity contribution < 1.29 is 18.7 Å². The van der Waals surface area contributed by atoms with Crippen molar-refractivity contribution in [3.05, 3.63) is 95.4 Å². The Morgan fingerprint density at radius 1 is 1.03 bits per heavy atom. The maximum atomic E-state index is 13.5. The molecule has 0 saturated heterocycles. The molecule has 0 unspecified atom stereocenters. The summed E-state index contributed by atoms with van der Waals surface area (Å²) in [5.74, 6) is -0.657. The van der Waals surface area contributed by atoms with E-state index >= 15 is 0 Å². The van der Waals surface area contributed by atoms with Crippen molar-refractivity contribution in [3.63, 3.8) is 0 Å². The molecule has 1 heterocycles. The van der Waals surface area contributed by atoms with Gasteiger partial charge in [0.15, 0.2) is 0 Å². The molecule has 0 aliphatic rings. The summed E-state index contributed by atoms with van der Waals surface area (Å²) >= 11 is 0. The van der Waals surface area contributed by atoms with Crippen LogP contribution >= 0.6 is 0 Å². The van der Waals surface area contributed by atoms with E-state index in [1.165, 1.54) is 25.1 Å². The molecule has 1 amide bonds. The molecule has 0 fully saturated rings. The fourth-order valence-corrected chi connectivity index (χ4v) is 3.98. The zero-order chi connectivity index (χ0) is 25.8. The van der Waals surface area contributed by atoms with E-state index in [-0.39, 0.29) is 5.56 Å². The van der Waals surface area contributed by atoms with Gasteiger partial charge in [0.05, 0.1) is 16.9 Å². The van der Waals surface area contributed by atoms with Gasteiger partial charge >= 0.3 is 5.97 Å². The summed E-state index contributed by atoms with van der Waals surface area (Å²) in [5, 5.41) is 7.63. The topological polar surface area (TPSA) is 73.2 Å². The molecule has 1 N–H and O–H groups in total.